The van der Waals surface area contributed by atoms with Gasteiger partial charge in [-0.15, -0.1) is 0 Å². The summed E-state index contributed by atoms with van der Waals surface area (Å²) in [5.74, 6) is 1.69. The number of aromatic nitrogens is 2. The molecule has 1 aromatic carbocycles. The van der Waals surface area contributed by atoms with Crippen molar-refractivity contribution in [1.82, 2.24) is 24.7 Å². The van der Waals surface area contributed by atoms with Crippen LogP contribution in [0.15, 0.2) is 35.5 Å². The number of hydrogen-bond acceptors (Lipinski definition) is 7. The Morgan fingerprint density at radius 2 is 1.39 bits per heavy atom. The summed E-state index contributed by atoms with van der Waals surface area (Å²) in [7, 11) is 0. The third-order valence-electron chi connectivity index (χ3n) is 7.06. The molecule has 38 heavy (non-hydrogen) atoms. The fraction of sp³-hybridized carbons (Fsp3) is 0.536. The normalized spacial score (nSPS) is 16.6. The van der Waals surface area contributed by atoms with Gasteiger partial charge in [-0.3, -0.25) is 14.4 Å². The largest absolute Gasteiger partial charge is 0.353 e. The van der Waals surface area contributed by atoms with Crippen LogP contribution in [0.5, 0.6) is 0 Å². The molecule has 2 aliphatic rings. The summed E-state index contributed by atoms with van der Waals surface area (Å²) in [6.07, 6.45) is 0. The molecule has 3 amide bonds. The fourth-order valence-corrected chi connectivity index (χ4v) is 5.42. The van der Waals surface area contributed by atoms with Gasteiger partial charge < -0.3 is 19.6 Å². The van der Waals surface area contributed by atoms with E-state index in [0.717, 1.165) is 30.2 Å². The van der Waals surface area contributed by atoms with Crippen LogP contribution in [0.3, 0.4) is 0 Å². The average Bonchev–Trinajstić information content (AvgIpc) is 2.91. The van der Waals surface area contributed by atoms with Crippen LogP contribution in [0.25, 0.3) is 0 Å². The molecule has 2 aromatic rings. The van der Waals surface area contributed by atoms with Gasteiger partial charge in [0.2, 0.25) is 11.8 Å². The molecule has 0 saturated carbocycles. The highest BCUT2D eigenvalue weighted by atomic mass is 32.2. The highest BCUT2D eigenvalue weighted by Gasteiger charge is 2.25. The summed E-state index contributed by atoms with van der Waals surface area (Å²) in [6, 6.07) is 9.80. The zero-order valence-electron chi connectivity index (χ0n) is 23.1. The van der Waals surface area contributed by atoms with Crippen LogP contribution in [-0.2, 0) is 20.8 Å². The molecule has 0 spiro atoms. The Labute approximate surface area is 229 Å². The molecule has 1 aromatic heterocycles. The molecule has 2 fully saturated rings. The van der Waals surface area contributed by atoms with Crippen molar-refractivity contribution in [2.24, 2.45) is 0 Å². The van der Waals surface area contributed by atoms with E-state index >= 15 is 0 Å². The van der Waals surface area contributed by atoms with Crippen molar-refractivity contribution in [3.8, 4) is 0 Å². The molecule has 10 heteroatoms. The number of carbonyl (C=O) groups is 3. The molecule has 0 bridgehead atoms. The second-order valence-corrected chi connectivity index (χ2v) is 11.9. The van der Waals surface area contributed by atoms with Gasteiger partial charge >= 0.3 is 0 Å². The minimum absolute atomic E-state index is 0.00183. The summed E-state index contributed by atoms with van der Waals surface area (Å²) in [5.41, 5.74) is 2.54. The number of amides is 3. The lowest BCUT2D eigenvalue weighted by Crippen LogP contribution is -2.50. The quantitative estimate of drug-likeness (QED) is 0.427. The number of thioether (sulfide) groups is 1. The summed E-state index contributed by atoms with van der Waals surface area (Å²) < 4.78 is 0. The molecule has 0 atom stereocenters. The molecule has 2 saturated heterocycles. The van der Waals surface area contributed by atoms with E-state index in [1.165, 1.54) is 0 Å². The maximum Gasteiger partial charge on any atom is 0.253 e. The van der Waals surface area contributed by atoms with Crippen molar-refractivity contribution in [3.05, 3.63) is 47.2 Å². The zero-order chi connectivity index (χ0) is 27.4. The Kier molecular flexibility index (Phi) is 8.60. The second-order valence-electron chi connectivity index (χ2n) is 10.9. The standard InChI is InChI=1S/C28H38N6O3S/c1-20(35)31-9-13-33(14-10-31)25-18-24(28(3,4)5)29-27(30-25)38-19-22-7-6-8-23(17-22)26(37)34-15-11-32(12-16-34)21(2)36/h6-8,17-18H,9-16,19H2,1-5H3. The van der Waals surface area contributed by atoms with E-state index < -0.39 is 0 Å². The van der Waals surface area contributed by atoms with Crippen LogP contribution in [-0.4, -0.2) is 94.7 Å². The predicted octanol–water partition coefficient (Wildman–Crippen LogP) is 3.04. The summed E-state index contributed by atoms with van der Waals surface area (Å²) in [4.78, 5) is 53.9. The third-order valence-corrected chi connectivity index (χ3v) is 7.98. The summed E-state index contributed by atoms with van der Waals surface area (Å²) in [5, 5.41) is 0.707. The number of hydrogen-bond donors (Lipinski definition) is 0. The minimum atomic E-state index is -0.132. The first-order valence-electron chi connectivity index (χ1n) is 13.2. The molecule has 0 unspecified atom stereocenters. The van der Waals surface area contributed by atoms with Crippen molar-refractivity contribution in [2.75, 3.05) is 57.3 Å². The number of anilines is 1. The van der Waals surface area contributed by atoms with Crippen LogP contribution in [0.4, 0.5) is 5.82 Å². The van der Waals surface area contributed by atoms with Crippen molar-refractivity contribution in [2.45, 2.75) is 50.9 Å². The molecule has 9 nitrogen and oxygen atoms in total. The van der Waals surface area contributed by atoms with Gasteiger partial charge in [0.05, 0.1) is 5.69 Å². The smallest absolute Gasteiger partial charge is 0.253 e. The molecular weight excluding hydrogens is 500 g/mol. The minimum Gasteiger partial charge on any atom is -0.353 e. The van der Waals surface area contributed by atoms with Gasteiger partial charge in [-0.1, -0.05) is 44.7 Å². The van der Waals surface area contributed by atoms with E-state index in [1.54, 1.807) is 30.5 Å². The Morgan fingerprint density at radius 1 is 0.816 bits per heavy atom. The lowest BCUT2D eigenvalue weighted by Gasteiger charge is -2.35. The van der Waals surface area contributed by atoms with Crippen LogP contribution in [0.1, 0.15) is 56.2 Å². The first kappa shape index (κ1) is 27.9. The lowest BCUT2D eigenvalue weighted by atomic mass is 9.92. The molecule has 0 radical (unpaired) electrons. The van der Waals surface area contributed by atoms with Crippen LogP contribution >= 0.6 is 11.8 Å². The molecule has 204 valence electrons. The van der Waals surface area contributed by atoms with E-state index in [0.29, 0.717) is 55.7 Å². The first-order chi connectivity index (χ1) is 18.0. The number of benzene rings is 1. The van der Waals surface area contributed by atoms with E-state index in [1.807, 2.05) is 34.1 Å². The Hall–Kier alpha value is -3.14. The highest BCUT2D eigenvalue weighted by molar-refractivity contribution is 7.98. The maximum atomic E-state index is 13.1. The second kappa shape index (κ2) is 11.7. The molecule has 3 heterocycles. The SMILES string of the molecule is CC(=O)N1CCN(C(=O)c2cccc(CSc3nc(N4CCN(C(C)=O)CC4)cc(C(C)(C)C)n3)c2)CC1. The number of rotatable bonds is 5. The Morgan fingerprint density at radius 3 is 1.97 bits per heavy atom. The number of carbonyl (C=O) groups excluding carboxylic acids is 3. The predicted molar refractivity (Wildman–Crippen MR) is 149 cm³/mol. The summed E-state index contributed by atoms with van der Waals surface area (Å²) in [6.45, 7) is 14.7. The maximum absolute atomic E-state index is 13.1. The lowest BCUT2D eigenvalue weighted by molar-refractivity contribution is -0.130. The zero-order valence-corrected chi connectivity index (χ0v) is 23.9. The first-order valence-corrected chi connectivity index (χ1v) is 14.2. The van der Waals surface area contributed by atoms with Gasteiger partial charge in [-0.2, -0.15) is 0 Å². The van der Waals surface area contributed by atoms with E-state index in [4.69, 9.17) is 9.97 Å². The van der Waals surface area contributed by atoms with Crippen LogP contribution < -0.4 is 4.90 Å². The number of nitrogens with zero attached hydrogens (tertiary/aromatic N) is 6. The monoisotopic (exact) mass is 538 g/mol. The van der Waals surface area contributed by atoms with Gasteiger partial charge in [0, 0.05) is 89.0 Å². The van der Waals surface area contributed by atoms with Gasteiger partial charge in [-0.05, 0) is 17.7 Å². The number of piperazine rings is 2. The molecule has 0 N–H and O–H groups in total. The average molecular weight is 539 g/mol. The molecule has 0 aliphatic carbocycles. The molecule has 4 rings (SSSR count). The van der Waals surface area contributed by atoms with Gasteiger partial charge in [-0.25, -0.2) is 9.97 Å². The van der Waals surface area contributed by atoms with Crippen molar-refractivity contribution in [3.63, 3.8) is 0 Å². The van der Waals surface area contributed by atoms with Crippen molar-refractivity contribution >= 4 is 35.3 Å². The molecular formula is C28H38N6O3S. The van der Waals surface area contributed by atoms with Gasteiger partial charge in [0.25, 0.3) is 5.91 Å². The van der Waals surface area contributed by atoms with E-state index in [2.05, 4.69) is 31.7 Å². The Balaban J connectivity index is 1.45. The third kappa shape index (κ3) is 6.83. The topological polar surface area (TPSA) is 90.0 Å². The van der Waals surface area contributed by atoms with Gasteiger partial charge in [0.15, 0.2) is 5.16 Å². The van der Waals surface area contributed by atoms with Crippen molar-refractivity contribution in [1.29, 1.82) is 0 Å². The highest BCUT2D eigenvalue weighted by Crippen LogP contribution is 2.29. The van der Waals surface area contributed by atoms with E-state index in [9.17, 15) is 14.4 Å². The Bertz CT molecular complexity index is 1180. The van der Waals surface area contributed by atoms with E-state index in [-0.39, 0.29) is 23.1 Å². The molecule has 2 aliphatic heterocycles. The van der Waals surface area contributed by atoms with Crippen LogP contribution in [0, 0.1) is 0 Å². The van der Waals surface area contributed by atoms with Crippen LogP contribution in [0.2, 0.25) is 0 Å². The van der Waals surface area contributed by atoms with Gasteiger partial charge in [0.1, 0.15) is 5.82 Å². The fourth-order valence-electron chi connectivity index (χ4n) is 4.62. The summed E-state index contributed by atoms with van der Waals surface area (Å²) >= 11 is 1.56. The van der Waals surface area contributed by atoms with Crippen molar-refractivity contribution < 1.29 is 14.4 Å².